The minimum Gasteiger partial charge on any atom is -0.308 e. The second-order valence-electron chi connectivity index (χ2n) is 4.84. The Kier molecular flexibility index (Phi) is 3.50. The van der Waals surface area contributed by atoms with Crippen molar-refractivity contribution < 1.29 is 0 Å². The van der Waals surface area contributed by atoms with Crippen LogP contribution in [-0.4, -0.2) is 15.0 Å². The van der Waals surface area contributed by atoms with E-state index >= 15 is 0 Å². The van der Waals surface area contributed by atoms with Gasteiger partial charge in [0, 0.05) is 22.8 Å². The van der Waals surface area contributed by atoms with E-state index in [4.69, 9.17) is 5.84 Å². The summed E-state index contributed by atoms with van der Waals surface area (Å²) in [6.07, 6.45) is 2.61. The Bertz CT molecular complexity index is 793. The molecule has 0 aliphatic carbocycles. The summed E-state index contributed by atoms with van der Waals surface area (Å²) in [5.74, 6) is 6.85. The number of nitrogens with zero attached hydrogens (tertiary/aromatic N) is 3. The van der Waals surface area contributed by atoms with Crippen molar-refractivity contribution >= 4 is 16.6 Å². The van der Waals surface area contributed by atoms with Gasteiger partial charge in [-0.2, -0.15) is 0 Å². The maximum absolute atomic E-state index is 5.59. The lowest BCUT2D eigenvalue weighted by Gasteiger charge is -2.12. The van der Waals surface area contributed by atoms with E-state index < -0.39 is 0 Å². The predicted octanol–water partition coefficient (Wildman–Crippen LogP) is 2.85. The molecule has 5 heteroatoms. The van der Waals surface area contributed by atoms with Gasteiger partial charge in [-0.15, -0.1) is 0 Å². The van der Waals surface area contributed by atoms with Crippen molar-refractivity contribution in [1.29, 1.82) is 0 Å². The van der Waals surface area contributed by atoms with Gasteiger partial charge in [0.05, 0.1) is 0 Å². The largest absolute Gasteiger partial charge is 0.308 e. The predicted molar refractivity (Wildman–Crippen MR) is 84.7 cm³/mol. The summed E-state index contributed by atoms with van der Waals surface area (Å²) >= 11 is 0. The average molecular weight is 279 g/mol. The number of hydrogen-bond acceptors (Lipinski definition) is 5. The van der Waals surface area contributed by atoms with Crippen LogP contribution in [0.15, 0.2) is 36.5 Å². The number of nitrogens with two attached hydrogens (primary N) is 1. The molecule has 0 aliphatic heterocycles. The second kappa shape index (κ2) is 5.46. The third-order valence-electron chi connectivity index (χ3n) is 3.59. The highest BCUT2D eigenvalue weighted by Crippen LogP contribution is 2.26. The molecule has 0 spiro atoms. The SMILES string of the molecule is CCc1c(C)nc(-c2nccc3ccccc23)nc1NN. The molecular weight excluding hydrogens is 262 g/mol. The quantitative estimate of drug-likeness (QED) is 0.569. The molecule has 0 aliphatic rings. The monoisotopic (exact) mass is 279 g/mol. The fourth-order valence-electron chi connectivity index (χ4n) is 2.54. The first kappa shape index (κ1) is 13.5. The molecule has 0 saturated carbocycles. The van der Waals surface area contributed by atoms with Gasteiger partial charge in [0.2, 0.25) is 0 Å². The van der Waals surface area contributed by atoms with Gasteiger partial charge in [0.1, 0.15) is 11.5 Å². The van der Waals surface area contributed by atoms with E-state index in [1.54, 1.807) is 6.20 Å². The normalized spacial score (nSPS) is 10.8. The second-order valence-corrected chi connectivity index (χ2v) is 4.84. The summed E-state index contributed by atoms with van der Waals surface area (Å²) < 4.78 is 0. The number of pyridine rings is 1. The van der Waals surface area contributed by atoms with Gasteiger partial charge >= 0.3 is 0 Å². The number of aryl methyl sites for hydroxylation is 1. The number of fused-ring (bicyclic) bond motifs is 1. The fraction of sp³-hybridized carbons (Fsp3) is 0.188. The first-order valence-corrected chi connectivity index (χ1v) is 6.92. The molecule has 0 unspecified atom stereocenters. The van der Waals surface area contributed by atoms with Crippen LogP contribution in [0.1, 0.15) is 18.2 Å². The van der Waals surface area contributed by atoms with Crippen LogP contribution in [-0.2, 0) is 6.42 Å². The standard InChI is InChI=1S/C16H17N5/c1-3-12-10(2)19-16(20-15(12)21-17)14-13-7-5-4-6-11(13)8-9-18-14/h4-9H,3,17H2,1-2H3,(H,19,20,21). The van der Waals surface area contributed by atoms with Gasteiger partial charge in [-0.25, -0.2) is 15.8 Å². The van der Waals surface area contributed by atoms with Gasteiger partial charge in [-0.05, 0) is 24.8 Å². The molecule has 3 aromatic rings. The highest BCUT2D eigenvalue weighted by molar-refractivity contribution is 5.93. The Morgan fingerprint density at radius 3 is 2.71 bits per heavy atom. The van der Waals surface area contributed by atoms with Crippen molar-refractivity contribution in [2.24, 2.45) is 5.84 Å². The lowest BCUT2D eigenvalue weighted by atomic mass is 10.1. The van der Waals surface area contributed by atoms with E-state index in [1.807, 2.05) is 31.2 Å². The van der Waals surface area contributed by atoms with Gasteiger partial charge in [0.15, 0.2) is 5.82 Å². The Labute approximate surface area is 123 Å². The smallest absolute Gasteiger partial charge is 0.181 e. The van der Waals surface area contributed by atoms with E-state index in [2.05, 4.69) is 33.4 Å². The van der Waals surface area contributed by atoms with E-state index in [1.165, 1.54) is 0 Å². The first-order valence-electron chi connectivity index (χ1n) is 6.92. The number of nitrogen functional groups attached to an aromatic ring is 1. The average Bonchev–Trinajstić information content (AvgIpc) is 2.53. The van der Waals surface area contributed by atoms with Crippen LogP contribution in [0.4, 0.5) is 5.82 Å². The van der Waals surface area contributed by atoms with E-state index in [0.29, 0.717) is 11.6 Å². The third kappa shape index (κ3) is 2.32. The van der Waals surface area contributed by atoms with Crippen LogP contribution >= 0.6 is 0 Å². The molecule has 0 bridgehead atoms. The summed E-state index contributed by atoms with van der Waals surface area (Å²) in [5, 5.41) is 2.15. The summed E-state index contributed by atoms with van der Waals surface area (Å²) in [4.78, 5) is 13.6. The Morgan fingerprint density at radius 2 is 1.95 bits per heavy atom. The van der Waals surface area contributed by atoms with Crippen molar-refractivity contribution in [3.05, 3.63) is 47.8 Å². The number of nitrogens with one attached hydrogen (secondary N) is 1. The zero-order valence-corrected chi connectivity index (χ0v) is 12.1. The number of benzene rings is 1. The Hall–Kier alpha value is -2.53. The van der Waals surface area contributed by atoms with Crippen LogP contribution in [0.5, 0.6) is 0 Å². The maximum Gasteiger partial charge on any atom is 0.181 e. The number of hydrazine groups is 1. The van der Waals surface area contributed by atoms with Crippen LogP contribution in [0, 0.1) is 6.92 Å². The minimum absolute atomic E-state index is 0.592. The maximum atomic E-state index is 5.59. The zero-order chi connectivity index (χ0) is 14.8. The summed E-state index contributed by atoms with van der Waals surface area (Å²) in [7, 11) is 0. The third-order valence-corrected chi connectivity index (χ3v) is 3.59. The molecule has 106 valence electrons. The van der Waals surface area contributed by atoms with Crippen molar-refractivity contribution in [3.63, 3.8) is 0 Å². The molecule has 3 rings (SSSR count). The van der Waals surface area contributed by atoms with E-state index in [9.17, 15) is 0 Å². The van der Waals surface area contributed by atoms with Gasteiger partial charge in [0.25, 0.3) is 0 Å². The van der Waals surface area contributed by atoms with Gasteiger partial charge in [-0.1, -0.05) is 31.2 Å². The summed E-state index contributed by atoms with van der Waals surface area (Å²) in [6, 6.07) is 10.1. The molecule has 21 heavy (non-hydrogen) atoms. The van der Waals surface area contributed by atoms with Crippen LogP contribution in [0.3, 0.4) is 0 Å². The van der Waals surface area contributed by atoms with Crippen LogP contribution < -0.4 is 11.3 Å². The van der Waals surface area contributed by atoms with Crippen molar-refractivity contribution in [3.8, 4) is 11.5 Å². The number of aromatic nitrogens is 3. The molecule has 0 radical (unpaired) electrons. The van der Waals surface area contributed by atoms with Crippen LogP contribution in [0.25, 0.3) is 22.3 Å². The Balaban J connectivity index is 2.26. The lowest BCUT2D eigenvalue weighted by Crippen LogP contribution is -2.13. The summed E-state index contributed by atoms with van der Waals surface area (Å²) in [5.41, 5.74) is 5.39. The molecule has 0 fully saturated rings. The molecule has 2 heterocycles. The molecule has 0 amide bonds. The first-order chi connectivity index (χ1) is 10.2. The van der Waals surface area contributed by atoms with Crippen molar-refractivity contribution in [2.45, 2.75) is 20.3 Å². The van der Waals surface area contributed by atoms with Crippen molar-refractivity contribution in [1.82, 2.24) is 15.0 Å². The van der Waals surface area contributed by atoms with E-state index in [-0.39, 0.29) is 0 Å². The van der Waals surface area contributed by atoms with Crippen LogP contribution in [0.2, 0.25) is 0 Å². The molecule has 0 saturated heterocycles. The summed E-state index contributed by atoms with van der Waals surface area (Å²) in [6.45, 7) is 4.03. The molecule has 1 aromatic carbocycles. The Morgan fingerprint density at radius 1 is 1.14 bits per heavy atom. The highest BCUT2D eigenvalue weighted by atomic mass is 15.3. The molecule has 0 atom stereocenters. The van der Waals surface area contributed by atoms with Crippen molar-refractivity contribution in [2.75, 3.05) is 5.43 Å². The highest BCUT2D eigenvalue weighted by Gasteiger charge is 2.13. The molecule has 3 N–H and O–H groups in total. The molecule has 2 aromatic heterocycles. The number of anilines is 1. The molecule has 5 nitrogen and oxygen atoms in total. The zero-order valence-electron chi connectivity index (χ0n) is 12.1. The minimum atomic E-state index is 0.592. The van der Waals surface area contributed by atoms with Gasteiger partial charge in [-0.3, -0.25) is 4.98 Å². The number of hydrogen-bond donors (Lipinski definition) is 2. The fourth-order valence-corrected chi connectivity index (χ4v) is 2.54. The topological polar surface area (TPSA) is 76.7 Å². The lowest BCUT2D eigenvalue weighted by molar-refractivity contribution is 0.990. The number of rotatable bonds is 3. The van der Waals surface area contributed by atoms with Gasteiger partial charge < -0.3 is 5.43 Å². The van der Waals surface area contributed by atoms with E-state index in [0.717, 1.165) is 34.1 Å². The molecular formula is C16H17N5.